The highest BCUT2D eigenvalue weighted by molar-refractivity contribution is 5.38. The Kier molecular flexibility index (Phi) is 5.62. The van der Waals surface area contributed by atoms with Gasteiger partial charge < -0.3 is 5.11 Å². The molecule has 0 radical (unpaired) electrons. The molecule has 0 aliphatic heterocycles. The number of hydrogen-bond acceptors (Lipinski definition) is 1. The lowest BCUT2D eigenvalue weighted by Crippen LogP contribution is -2.46. The molecule has 0 aromatic carbocycles. The van der Waals surface area contributed by atoms with E-state index in [0.717, 1.165) is 42.4 Å². The van der Waals surface area contributed by atoms with Crippen LogP contribution >= 0.6 is 0 Å². The molecule has 0 aromatic rings. The van der Waals surface area contributed by atoms with Gasteiger partial charge in [-0.05, 0) is 85.4 Å². The summed E-state index contributed by atoms with van der Waals surface area (Å²) < 4.78 is 0. The van der Waals surface area contributed by atoms with Gasteiger partial charge in [0.2, 0.25) is 0 Å². The molecule has 3 saturated carbocycles. The summed E-state index contributed by atoms with van der Waals surface area (Å²) in [6, 6.07) is 0. The molecule has 4 rings (SSSR count). The minimum atomic E-state index is -0.106. The molecule has 0 heterocycles. The number of fused-ring (bicyclic) bond motifs is 5. The highest BCUT2D eigenvalue weighted by atomic mass is 16.3. The average Bonchev–Trinajstić information content (AvgIpc) is 2.99. The molecule has 0 saturated heterocycles. The van der Waals surface area contributed by atoms with Gasteiger partial charge in [-0.25, -0.2) is 0 Å². The van der Waals surface area contributed by atoms with Gasteiger partial charge in [0.15, 0.2) is 0 Å². The Morgan fingerprint density at radius 3 is 2.50 bits per heavy atom. The summed E-state index contributed by atoms with van der Waals surface area (Å²) in [6.07, 6.45) is 17.8. The minimum Gasteiger partial charge on any atom is -0.393 e. The van der Waals surface area contributed by atoms with Crippen molar-refractivity contribution in [2.75, 3.05) is 0 Å². The molecule has 1 nitrogen and oxygen atoms in total. The molecule has 0 bridgehead atoms. The molecule has 1 heteroatoms. The molecule has 1 N–H and O–H groups in total. The Balaban J connectivity index is 1.53. The van der Waals surface area contributed by atoms with Crippen LogP contribution in [0.15, 0.2) is 23.3 Å². The highest BCUT2D eigenvalue weighted by Gasteiger charge is 2.56. The third-order valence-electron chi connectivity index (χ3n) is 9.75. The van der Waals surface area contributed by atoms with Crippen LogP contribution in [0.3, 0.4) is 0 Å². The van der Waals surface area contributed by atoms with Crippen LogP contribution in [-0.2, 0) is 0 Å². The number of hydrogen-bond donors (Lipinski definition) is 1. The van der Waals surface area contributed by atoms with E-state index >= 15 is 0 Å². The van der Waals surface area contributed by atoms with Crippen LogP contribution in [0.5, 0.6) is 0 Å². The van der Waals surface area contributed by atoms with Gasteiger partial charge in [-0.2, -0.15) is 0 Å². The van der Waals surface area contributed by atoms with Crippen molar-refractivity contribution in [3.63, 3.8) is 0 Å². The van der Waals surface area contributed by atoms with Crippen molar-refractivity contribution in [3.05, 3.63) is 23.3 Å². The quantitative estimate of drug-likeness (QED) is 0.527. The van der Waals surface area contributed by atoms with Crippen molar-refractivity contribution in [2.45, 2.75) is 105 Å². The van der Waals surface area contributed by atoms with Crippen LogP contribution < -0.4 is 0 Å². The summed E-state index contributed by atoms with van der Waals surface area (Å²) in [4.78, 5) is 0. The van der Waals surface area contributed by atoms with Crippen LogP contribution in [0.2, 0.25) is 0 Å². The number of aliphatic hydroxyl groups is 1. The maximum Gasteiger partial charge on any atom is 0.0578 e. The molecular weight excluding hydrogens is 340 g/mol. The Hall–Kier alpha value is -0.560. The van der Waals surface area contributed by atoms with E-state index in [-0.39, 0.29) is 6.10 Å². The van der Waals surface area contributed by atoms with Gasteiger partial charge in [0, 0.05) is 0 Å². The van der Waals surface area contributed by atoms with Crippen LogP contribution in [-0.4, -0.2) is 11.2 Å². The number of aliphatic hydroxyl groups excluding tert-OH is 1. The lowest BCUT2D eigenvalue weighted by atomic mass is 9.50. The Labute approximate surface area is 174 Å². The first-order valence-electron chi connectivity index (χ1n) is 12.3. The molecule has 0 unspecified atom stereocenters. The summed E-state index contributed by atoms with van der Waals surface area (Å²) in [5.41, 5.74) is 4.19. The van der Waals surface area contributed by atoms with Gasteiger partial charge in [0.1, 0.15) is 0 Å². The molecule has 0 aromatic heterocycles. The van der Waals surface area contributed by atoms with E-state index in [1.165, 1.54) is 51.4 Å². The monoisotopic (exact) mass is 384 g/mol. The fourth-order valence-corrected chi connectivity index (χ4v) is 8.01. The standard InChI is InChI=1S/C27H44O/c1-18(2)7-6-8-19(3)23-11-12-24-22-10-9-20-17-21(28)13-15-26(20,4)25(22)14-16-27(23,24)5/h9-10,18-19,21,23-25,28H,6-8,11-17H2,1-5H3/t19-,21+,23+,24-,25-,26+,27+/m1/s1. The molecule has 4 aliphatic rings. The summed E-state index contributed by atoms with van der Waals surface area (Å²) in [7, 11) is 0. The van der Waals surface area contributed by atoms with Crippen LogP contribution in [0.4, 0.5) is 0 Å². The van der Waals surface area contributed by atoms with Crippen molar-refractivity contribution in [1.29, 1.82) is 0 Å². The fourth-order valence-electron chi connectivity index (χ4n) is 8.01. The predicted octanol–water partition coefficient (Wildman–Crippen LogP) is 7.31. The van der Waals surface area contributed by atoms with Crippen LogP contribution in [0.25, 0.3) is 0 Å². The Bertz CT molecular complexity index is 643. The van der Waals surface area contributed by atoms with Gasteiger partial charge in [-0.3, -0.25) is 0 Å². The van der Waals surface area contributed by atoms with Crippen LogP contribution in [0.1, 0.15) is 98.8 Å². The third kappa shape index (κ3) is 3.34. The van der Waals surface area contributed by atoms with Crippen molar-refractivity contribution >= 4 is 0 Å². The van der Waals surface area contributed by atoms with E-state index in [1.54, 1.807) is 11.1 Å². The second-order valence-corrected chi connectivity index (χ2v) is 11.8. The average molecular weight is 385 g/mol. The van der Waals surface area contributed by atoms with Crippen molar-refractivity contribution in [2.24, 2.45) is 40.4 Å². The fraction of sp³-hybridized carbons (Fsp3) is 0.852. The van der Waals surface area contributed by atoms with E-state index in [0.29, 0.717) is 10.8 Å². The highest BCUT2D eigenvalue weighted by Crippen LogP contribution is 2.66. The summed E-state index contributed by atoms with van der Waals surface area (Å²) in [6.45, 7) is 12.5. The normalized spacial score (nSPS) is 43.7. The smallest absolute Gasteiger partial charge is 0.0578 e. The van der Waals surface area contributed by atoms with E-state index < -0.39 is 0 Å². The summed E-state index contributed by atoms with van der Waals surface area (Å²) in [5.74, 6) is 4.19. The third-order valence-corrected chi connectivity index (χ3v) is 9.75. The van der Waals surface area contributed by atoms with Gasteiger partial charge in [0.05, 0.1) is 6.10 Å². The number of rotatable bonds is 5. The van der Waals surface area contributed by atoms with Gasteiger partial charge in [0.25, 0.3) is 0 Å². The Morgan fingerprint density at radius 2 is 1.75 bits per heavy atom. The molecule has 3 fully saturated rings. The summed E-state index contributed by atoms with van der Waals surface area (Å²) in [5, 5.41) is 10.2. The molecule has 158 valence electrons. The van der Waals surface area contributed by atoms with Gasteiger partial charge >= 0.3 is 0 Å². The molecule has 4 aliphatic carbocycles. The van der Waals surface area contributed by atoms with E-state index in [2.05, 4.69) is 46.8 Å². The minimum absolute atomic E-state index is 0.106. The molecule has 28 heavy (non-hydrogen) atoms. The molecule has 7 atom stereocenters. The first-order chi connectivity index (χ1) is 13.3. The summed E-state index contributed by atoms with van der Waals surface area (Å²) >= 11 is 0. The zero-order valence-corrected chi connectivity index (χ0v) is 19.1. The van der Waals surface area contributed by atoms with Crippen molar-refractivity contribution < 1.29 is 5.11 Å². The zero-order chi connectivity index (χ0) is 20.1. The molecular formula is C27H44O. The topological polar surface area (TPSA) is 20.2 Å². The SMILES string of the molecule is CC(C)CCC[C@@H](C)[C@@H]1CC[C@@H]2C3=CC=C4C[C@@H](O)CC[C@]4(C)[C@@H]3CC[C@]21C. The molecule has 0 amide bonds. The van der Waals surface area contributed by atoms with Gasteiger partial charge in [-0.15, -0.1) is 0 Å². The van der Waals surface area contributed by atoms with Crippen LogP contribution in [0, 0.1) is 40.4 Å². The number of allylic oxidation sites excluding steroid dienone is 3. The second kappa shape index (κ2) is 7.60. The maximum absolute atomic E-state index is 10.2. The molecule has 0 spiro atoms. The van der Waals surface area contributed by atoms with Gasteiger partial charge in [-0.1, -0.05) is 77.2 Å². The lowest BCUT2D eigenvalue weighted by Gasteiger charge is -2.55. The zero-order valence-electron chi connectivity index (χ0n) is 19.1. The largest absolute Gasteiger partial charge is 0.393 e. The van der Waals surface area contributed by atoms with E-state index in [9.17, 15) is 5.11 Å². The maximum atomic E-state index is 10.2. The first kappa shape index (κ1) is 20.7. The second-order valence-electron chi connectivity index (χ2n) is 11.8. The van der Waals surface area contributed by atoms with E-state index in [4.69, 9.17) is 0 Å². The van der Waals surface area contributed by atoms with E-state index in [1.807, 2.05) is 0 Å². The predicted molar refractivity (Wildman–Crippen MR) is 119 cm³/mol. The van der Waals surface area contributed by atoms with Crippen molar-refractivity contribution in [3.8, 4) is 0 Å². The van der Waals surface area contributed by atoms with Crippen molar-refractivity contribution in [1.82, 2.24) is 0 Å². The Morgan fingerprint density at radius 1 is 0.964 bits per heavy atom. The first-order valence-corrected chi connectivity index (χ1v) is 12.3. The lowest BCUT2D eigenvalue weighted by molar-refractivity contribution is 0.0323.